The Morgan fingerprint density at radius 2 is 2.32 bits per heavy atom. The number of aromatic hydroxyl groups is 1. The van der Waals surface area contributed by atoms with Gasteiger partial charge in [-0.2, -0.15) is 0 Å². The van der Waals surface area contributed by atoms with Gasteiger partial charge in [0.05, 0.1) is 6.10 Å². The number of amides is 2. The molecule has 3 N–H and O–H groups in total. The summed E-state index contributed by atoms with van der Waals surface area (Å²) < 4.78 is 5.42. The monoisotopic (exact) mass is 264 g/mol. The predicted molar refractivity (Wildman–Crippen MR) is 72.2 cm³/mol. The Morgan fingerprint density at radius 1 is 1.42 bits per heavy atom. The smallest absolute Gasteiger partial charge is 0.314 e. The van der Waals surface area contributed by atoms with Crippen LogP contribution in [-0.4, -0.2) is 36.9 Å². The number of benzene rings is 1. The molecule has 0 saturated carbocycles. The van der Waals surface area contributed by atoms with Gasteiger partial charge in [-0.1, -0.05) is 12.1 Å². The van der Waals surface area contributed by atoms with Gasteiger partial charge in [0.2, 0.25) is 0 Å². The lowest BCUT2D eigenvalue weighted by molar-refractivity contribution is 0.111. The molecule has 0 radical (unpaired) electrons. The average Bonchev–Trinajstić information content (AvgIpc) is 2.89. The third kappa shape index (κ3) is 4.79. The van der Waals surface area contributed by atoms with Crippen molar-refractivity contribution in [3.05, 3.63) is 29.8 Å². The molecule has 1 saturated heterocycles. The Bertz CT molecular complexity index is 417. The van der Waals surface area contributed by atoms with Crippen molar-refractivity contribution in [2.24, 2.45) is 0 Å². The first-order valence-electron chi connectivity index (χ1n) is 6.65. The molecule has 1 atom stereocenters. The summed E-state index contributed by atoms with van der Waals surface area (Å²) >= 11 is 0. The van der Waals surface area contributed by atoms with Crippen LogP contribution in [0.5, 0.6) is 5.75 Å². The summed E-state index contributed by atoms with van der Waals surface area (Å²) in [6.45, 7) is 1.91. The van der Waals surface area contributed by atoms with E-state index in [-0.39, 0.29) is 17.9 Å². The number of phenolic OH excluding ortho intramolecular Hbond substituents is 1. The quantitative estimate of drug-likeness (QED) is 0.753. The zero-order valence-electron chi connectivity index (χ0n) is 10.9. The van der Waals surface area contributed by atoms with Crippen molar-refractivity contribution in [1.29, 1.82) is 0 Å². The van der Waals surface area contributed by atoms with Crippen LogP contribution < -0.4 is 10.6 Å². The molecule has 1 aromatic carbocycles. The highest BCUT2D eigenvalue weighted by Gasteiger charge is 2.15. The molecule has 1 aromatic rings. The summed E-state index contributed by atoms with van der Waals surface area (Å²) in [7, 11) is 0. The van der Waals surface area contributed by atoms with Gasteiger partial charge < -0.3 is 20.5 Å². The Hall–Kier alpha value is -1.75. The maximum atomic E-state index is 11.5. The van der Waals surface area contributed by atoms with Crippen LogP contribution in [0.25, 0.3) is 0 Å². The van der Waals surface area contributed by atoms with E-state index in [4.69, 9.17) is 4.74 Å². The Kier molecular flexibility index (Phi) is 5.03. The van der Waals surface area contributed by atoms with Crippen LogP contribution in [0.4, 0.5) is 4.79 Å². The molecule has 0 unspecified atom stereocenters. The summed E-state index contributed by atoms with van der Waals surface area (Å²) in [6.07, 6.45) is 2.95. The zero-order chi connectivity index (χ0) is 13.5. The van der Waals surface area contributed by atoms with E-state index in [9.17, 15) is 9.90 Å². The summed E-state index contributed by atoms with van der Waals surface area (Å²) in [5.41, 5.74) is 0.999. The van der Waals surface area contributed by atoms with Crippen molar-refractivity contribution in [2.45, 2.75) is 25.4 Å². The number of urea groups is 1. The molecular formula is C14H20N2O3. The van der Waals surface area contributed by atoms with E-state index in [2.05, 4.69) is 10.6 Å². The molecule has 0 aliphatic carbocycles. The first kappa shape index (κ1) is 13.7. The number of phenols is 1. The SMILES string of the molecule is O=C(NCCc1cccc(O)c1)NC[C@@H]1CCCO1. The van der Waals surface area contributed by atoms with Gasteiger partial charge in [-0.25, -0.2) is 4.79 Å². The highest BCUT2D eigenvalue weighted by atomic mass is 16.5. The van der Waals surface area contributed by atoms with Gasteiger partial charge in [0, 0.05) is 19.7 Å². The molecule has 1 heterocycles. The van der Waals surface area contributed by atoms with Gasteiger partial charge >= 0.3 is 6.03 Å². The highest BCUT2D eigenvalue weighted by Crippen LogP contribution is 2.11. The normalized spacial score (nSPS) is 18.2. The number of carbonyl (C=O) groups is 1. The molecule has 104 valence electrons. The molecule has 1 aliphatic heterocycles. The number of hydrogen-bond acceptors (Lipinski definition) is 3. The van der Waals surface area contributed by atoms with Crippen LogP contribution >= 0.6 is 0 Å². The van der Waals surface area contributed by atoms with Crippen molar-refractivity contribution >= 4 is 6.03 Å². The Labute approximate surface area is 113 Å². The second-order valence-corrected chi connectivity index (χ2v) is 4.69. The van der Waals surface area contributed by atoms with E-state index in [1.807, 2.05) is 6.07 Å². The number of rotatable bonds is 5. The van der Waals surface area contributed by atoms with E-state index >= 15 is 0 Å². The summed E-state index contributed by atoms with van der Waals surface area (Å²) in [6, 6.07) is 6.88. The minimum Gasteiger partial charge on any atom is -0.508 e. The van der Waals surface area contributed by atoms with Gasteiger partial charge in [0.25, 0.3) is 0 Å². The first-order chi connectivity index (χ1) is 9.24. The third-order valence-corrected chi connectivity index (χ3v) is 3.12. The van der Waals surface area contributed by atoms with E-state index < -0.39 is 0 Å². The van der Waals surface area contributed by atoms with Crippen molar-refractivity contribution in [2.75, 3.05) is 19.7 Å². The average molecular weight is 264 g/mol. The van der Waals surface area contributed by atoms with Crippen LogP contribution in [-0.2, 0) is 11.2 Å². The molecule has 2 amide bonds. The molecule has 1 fully saturated rings. The number of nitrogens with one attached hydrogen (secondary N) is 2. The van der Waals surface area contributed by atoms with Gasteiger partial charge in [-0.3, -0.25) is 0 Å². The second kappa shape index (κ2) is 6.99. The molecular weight excluding hydrogens is 244 g/mol. The predicted octanol–water partition coefficient (Wildman–Crippen LogP) is 1.41. The fraction of sp³-hybridized carbons (Fsp3) is 0.500. The fourth-order valence-corrected chi connectivity index (χ4v) is 2.11. The second-order valence-electron chi connectivity index (χ2n) is 4.69. The van der Waals surface area contributed by atoms with Crippen molar-refractivity contribution in [1.82, 2.24) is 10.6 Å². The van der Waals surface area contributed by atoms with Crippen molar-refractivity contribution in [3.8, 4) is 5.75 Å². The lowest BCUT2D eigenvalue weighted by Crippen LogP contribution is -2.40. The zero-order valence-corrected chi connectivity index (χ0v) is 10.9. The maximum Gasteiger partial charge on any atom is 0.314 e. The van der Waals surface area contributed by atoms with Gasteiger partial charge in [0.15, 0.2) is 0 Å². The Morgan fingerprint density at radius 3 is 3.05 bits per heavy atom. The van der Waals surface area contributed by atoms with Crippen LogP contribution in [0.3, 0.4) is 0 Å². The molecule has 0 spiro atoms. The minimum absolute atomic E-state index is 0.164. The van der Waals surface area contributed by atoms with Gasteiger partial charge in [-0.15, -0.1) is 0 Å². The molecule has 2 rings (SSSR count). The van der Waals surface area contributed by atoms with Crippen LogP contribution in [0.15, 0.2) is 24.3 Å². The van der Waals surface area contributed by atoms with Crippen LogP contribution in [0.2, 0.25) is 0 Å². The Balaban J connectivity index is 1.60. The molecule has 0 aromatic heterocycles. The lowest BCUT2D eigenvalue weighted by Gasteiger charge is -2.11. The molecule has 19 heavy (non-hydrogen) atoms. The molecule has 0 bridgehead atoms. The van der Waals surface area contributed by atoms with Gasteiger partial charge in [-0.05, 0) is 37.0 Å². The topological polar surface area (TPSA) is 70.6 Å². The molecule has 1 aliphatic rings. The molecule has 5 nitrogen and oxygen atoms in total. The van der Waals surface area contributed by atoms with Crippen molar-refractivity contribution in [3.63, 3.8) is 0 Å². The number of carbonyl (C=O) groups excluding carboxylic acids is 1. The van der Waals surface area contributed by atoms with Crippen LogP contribution in [0.1, 0.15) is 18.4 Å². The summed E-state index contributed by atoms with van der Waals surface area (Å²) in [5.74, 6) is 0.250. The lowest BCUT2D eigenvalue weighted by atomic mass is 10.1. The maximum absolute atomic E-state index is 11.5. The standard InChI is InChI=1S/C14H20N2O3/c17-12-4-1-3-11(9-12)6-7-15-14(18)16-10-13-5-2-8-19-13/h1,3-4,9,13,17H,2,5-8,10H2,(H2,15,16,18)/t13-/m0/s1. The van der Waals surface area contributed by atoms with Crippen LogP contribution in [0, 0.1) is 0 Å². The van der Waals surface area contributed by atoms with Gasteiger partial charge in [0.1, 0.15) is 5.75 Å². The highest BCUT2D eigenvalue weighted by molar-refractivity contribution is 5.73. The summed E-state index contributed by atoms with van der Waals surface area (Å²) in [4.78, 5) is 11.5. The fourth-order valence-electron chi connectivity index (χ4n) is 2.11. The summed E-state index contributed by atoms with van der Waals surface area (Å²) in [5, 5.41) is 14.9. The third-order valence-electron chi connectivity index (χ3n) is 3.12. The van der Waals surface area contributed by atoms with Crippen molar-refractivity contribution < 1.29 is 14.6 Å². The number of ether oxygens (including phenoxy) is 1. The van der Waals surface area contributed by atoms with E-state index in [0.29, 0.717) is 19.5 Å². The van der Waals surface area contributed by atoms with E-state index in [1.54, 1.807) is 18.2 Å². The largest absolute Gasteiger partial charge is 0.508 e. The number of hydrogen-bond donors (Lipinski definition) is 3. The van der Waals surface area contributed by atoms with E-state index in [0.717, 1.165) is 25.0 Å². The van der Waals surface area contributed by atoms with E-state index in [1.165, 1.54) is 0 Å². The minimum atomic E-state index is -0.171. The molecule has 5 heteroatoms. The first-order valence-corrected chi connectivity index (χ1v) is 6.65.